The van der Waals surface area contributed by atoms with Gasteiger partial charge in [-0.25, -0.2) is 4.98 Å². The number of rotatable bonds is 2. The van der Waals surface area contributed by atoms with E-state index in [9.17, 15) is 4.79 Å². The van der Waals surface area contributed by atoms with Crippen LogP contribution in [0, 0.1) is 0 Å². The Morgan fingerprint density at radius 3 is 3.25 bits per heavy atom. The second-order valence-corrected chi connectivity index (χ2v) is 4.73. The molecule has 16 heavy (non-hydrogen) atoms. The largest absolute Gasteiger partial charge is 0.367 e. The Morgan fingerprint density at radius 2 is 2.62 bits per heavy atom. The van der Waals surface area contributed by atoms with Crippen LogP contribution in [-0.2, 0) is 9.53 Å². The molecule has 6 heteroatoms. The SMILES string of the molecule is C[C@@H](N)C(=O)N1CCOC(c2nccs2)C1. The van der Waals surface area contributed by atoms with Crippen LogP contribution in [-0.4, -0.2) is 41.5 Å². The second-order valence-electron chi connectivity index (χ2n) is 3.80. The van der Waals surface area contributed by atoms with Gasteiger partial charge in [-0.05, 0) is 6.92 Å². The van der Waals surface area contributed by atoms with Crippen LogP contribution in [0.4, 0.5) is 0 Å². The van der Waals surface area contributed by atoms with Crippen molar-refractivity contribution in [2.24, 2.45) is 5.73 Å². The molecule has 0 radical (unpaired) electrons. The number of nitrogens with zero attached hydrogens (tertiary/aromatic N) is 2. The molecule has 0 aliphatic carbocycles. The minimum atomic E-state index is -0.449. The molecule has 1 unspecified atom stereocenters. The molecule has 0 saturated carbocycles. The van der Waals surface area contributed by atoms with Gasteiger partial charge in [0.2, 0.25) is 5.91 Å². The zero-order valence-corrected chi connectivity index (χ0v) is 9.94. The number of aromatic nitrogens is 1. The van der Waals surface area contributed by atoms with E-state index in [1.54, 1.807) is 29.4 Å². The van der Waals surface area contributed by atoms with Gasteiger partial charge in [-0.1, -0.05) is 0 Å². The first-order chi connectivity index (χ1) is 7.68. The molecule has 0 bridgehead atoms. The summed E-state index contributed by atoms with van der Waals surface area (Å²) < 4.78 is 5.60. The molecule has 1 aliphatic heterocycles. The normalized spacial score (nSPS) is 23.1. The summed E-state index contributed by atoms with van der Waals surface area (Å²) in [5, 5.41) is 2.83. The molecule has 1 aliphatic rings. The number of morpholine rings is 1. The summed E-state index contributed by atoms with van der Waals surface area (Å²) in [7, 11) is 0. The lowest BCUT2D eigenvalue weighted by molar-refractivity contribution is -0.140. The smallest absolute Gasteiger partial charge is 0.239 e. The topological polar surface area (TPSA) is 68.5 Å². The molecule has 1 saturated heterocycles. The van der Waals surface area contributed by atoms with E-state index in [-0.39, 0.29) is 12.0 Å². The van der Waals surface area contributed by atoms with Gasteiger partial charge in [0.1, 0.15) is 11.1 Å². The Labute approximate surface area is 98.2 Å². The summed E-state index contributed by atoms with van der Waals surface area (Å²) in [6.45, 7) is 3.41. The molecular formula is C10H15N3O2S. The minimum Gasteiger partial charge on any atom is -0.367 e. The van der Waals surface area contributed by atoms with Crippen molar-refractivity contribution in [3.8, 4) is 0 Å². The third kappa shape index (κ3) is 2.40. The first-order valence-electron chi connectivity index (χ1n) is 5.24. The van der Waals surface area contributed by atoms with E-state index in [2.05, 4.69) is 4.98 Å². The van der Waals surface area contributed by atoms with E-state index in [1.807, 2.05) is 5.38 Å². The van der Waals surface area contributed by atoms with Crippen LogP contribution in [0.2, 0.25) is 0 Å². The first-order valence-corrected chi connectivity index (χ1v) is 6.12. The van der Waals surface area contributed by atoms with Crippen molar-refractivity contribution in [2.75, 3.05) is 19.7 Å². The highest BCUT2D eigenvalue weighted by molar-refractivity contribution is 7.09. The van der Waals surface area contributed by atoms with Crippen LogP contribution in [0.3, 0.4) is 0 Å². The number of amides is 1. The van der Waals surface area contributed by atoms with Crippen LogP contribution in [0.25, 0.3) is 0 Å². The third-order valence-corrected chi connectivity index (χ3v) is 3.36. The fourth-order valence-corrected chi connectivity index (χ4v) is 2.36. The van der Waals surface area contributed by atoms with Gasteiger partial charge in [-0.15, -0.1) is 11.3 Å². The lowest BCUT2D eigenvalue weighted by Gasteiger charge is -2.32. The lowest BCUT2D eigenvalue weighted by atomic mass is 10.2. The molecule has 1 amide bonds. The van der Waals surface area contributed by atoms with Gasteiger partial charge >= 0.3 is 0 Å². The number of carbonyl (C=O) groups is 1. The molecule has 2 heterocycles. The zero-order chi connectivity index (χ0) is 11.5. The lowest BCUT2D eigenvalue weighted by Crippen LogP contribution is -2.48. The molecule has 1 aromatic heterocycles. The summed E-state index contributed by atoms with van der Waals surface area (Å²) in [5.74, 6) is -0.0233. The van der Waals surface area contributed by atoms with Gasteiger partial charge in [0.15, 0.2) is 0 Å². The number of hydrogen-bond acceptors (Lipinski definition) is 5. The maximum Gasteiger partial charge on any atom is 0.239 e. The Kier molecular flexibility index (Phi) is 3.52. The van der Waals surface area contributed by atoms with Crippen molar-refractivity contribution >= 4 is 17.2 Å². The Balaban J connectivity index is 2.02. The maximum atomic E-state index is 11.7. The summed E-state index contributed by atoms with van der Waals surface area (Å²) in [5.41, 5.74) is 5.59. The molecular weight excluding hydrogens is 226 g/mol. The number of thiazole rings is 1. The van der Waals surface area contributed by atoms with Crippen molar-refractivity contribution in [3.63, 3.8) is 0 Å². The van der Waals surface area contributed by atoms with E-state index in [4.69, 9.17) is 10.5 Å². The standard InChI is InChI=1S/C10H15N3O2S/c1-7(11)10(14)13-3-4-15-8(6-13)9-12-2-5-16-9/h2,5,7-8H,3-4,6,11H2,1H3/t7-,8?/m1/s1. The Bertz CT molecular complexity index is 353. The highest BCUT2D eigenvalue weighted by Gasteiger charge is 2.27. The predicted molar refractivity (Wildman–Crippen MR) is 61.0 cm³/mol. The monoisotopic (exact) mass is 241 g/mol. The van der Waals surface area contributed by atoms with Crippen LogP contribution >= 0.6 is 11.3 Å². The van der Waals surface area contributed by atoms with E-state index in [1.165, 1.54) is 0 Å². The average molecular weight is 241 g/mol. The Morgan fingerprint density at radius 1 is 1.81 bits per heavy atom. The second kappa shape index (κ2) is 4.90. The third-order valence-electron chi connectivity index (χ3n) is 2.49. The van der Waals surface area contributed by atoms with Gasteiger partial charge < -0.3 is 15.4 Å². The quantitative estimate of drug-likeness (QED) is 0.813. The number of hydrogen-bond donors (Lipinski definition) is 1. The molecule has 2 rings (SSSR count). The van der Waals surface area contributed by atoms with Crippen molar-refractivity contribution in [1.82, 2.24) is 9.88 Å². The van der Waals surface area contributed by atoms with Crippen molar-refractivity contribution in [3.05, 3.63) is 16.6 Å². The number of nitrogens with two attached hydrogens (primary N) is 1. The van der Waals surface area contributed by atoms with E-state index in [0.717, 1.165) is 5.01 Å². The van der Waals surface area contributed by atoms with Gasteiger partial charge in [-0.2, -0.15) is 0 Å². The Hall–Kier alpha value is -0.980. The number of ether oxygens (including phenoxy) is 1. The van der Waals surface area contributed by atoms with Gasteiger partial charge in [0.05, 0.1) is 19.2 Å². The average Bonchev–Trinajstić information content (AvgIpc) is 2.81. The van der Waals surface area contributed by atoms with Crippen molar-refractivity contribution in [2.45, 2.75) is 19.1 Å². The molecule has 2 N–H and O–H groups in total. The first kappa shape index (κ1) is 11.5. The molecule has 2 atom stereocenters. The van der Waals surface area contributed by atoms with E-state index in [0.29, 0.717) is 19.7 Å². The summed E-state index contributed by atoms with van der Waals surface area (Å²) in [6, 6.07) is -0.449. The van der Waals surface area contributed by atoms with Crippen molar-refractivity contribution in [1.29, 1.82) is 0 Å². The fraction of sp³-hybridized carbons (Fsp3) is 0.600. The molecule has 88 valence electrons. The zero-order valence-electron chi connectivity index (χ0n) is 9.13. The highest BCUT2D eigenvalue weighted by Crippen LogP contribution is 2.23. The van der Waals surface area contributed by atoms with E-state index >= 15 is 0 Å². The van der Waals surface area contributed by atoms with Gasteiger partial charge in [0.25, 0.3) is 0 Å². The highest BCUT2D eigenvalue weighted by atomic mass is 32.1. The molecule has 0 spiro atoms. The van der Waals surface area contributed by atoms with Crippen LogP contribution < -0.4 is 5.73 Å². The van der Waals surface area contributed by atoms with Crippen LogP contribution in [0.15, 0.2) is 11.6 Å². The van der Waals surface area contributed by atoms with Gasteiger partial charge in [-0.3, -0.25) is 4.79 Å². The van der Waals surface area contributed by atoms with Crippen LogP contribution in [0.1, 0.15) is 18.0 Å². The molecule has 0 aromatic carbocycles. The molecule has 5 nitrogen and oxygen atoms in total. The molecule has 1 aromatic rings. The molecule has 1 fully saturated rings. The minimum absolute atomic E-state index is 0.0233. The van der Waals surface area contributed by atoms with E-state index < -0.39 is 6.04 Å². The maximum absolute atomic E-state index is 11.7. The summed E-state index contributed by atoms with van der Waals surface area (Å²) in [4.78, 5) is 17.7. The van der Waals surface area contributed by atoms with Crippen LogP contribution in [0.5, 0.6) is 0 Å². The number of carbonyl (C=O) groups excluding carboxylic acids is 1. The van der Waals surface area contributed by atoms with Crippen molar-refractivity contribution < 1.29 is 9.53 Å². The predicted octanol–water partition coefficient (Wildman–Crippen LogP) is 0.390. The summed E-state index contributed by atoms with van der Waals surface area (Å²) >= 11 is 1.55. The summed E-state index contributed by atoms with van der Waals surface area (Å²) in [6.07, 6.45) is 1.65. The fourth-order valence-electron chi connectivity index (χ4n) is 1.68. The van der Waals surface area contributed by atoms with Gasteiger partial charge in [0, 0.05) is 18.1 Å².